The SMILES string of the molecule is CC(C)[C@@H](C)/C=C/[C@@H](C)[C@@H]1CC[C@@H]2C3=CCC4=CC(=O)CC[C@]4(C)[C@H]3CC[C@]21C. The fourth-order valence-electron chi connectivity index (χ4n) is 7.47. The smallest absolute Gasteiger partial charge is 0.155 e. The van der Waals surface area contributed by atoms with Crippen molar-refractivity contribution < 1.29 is 4.79 Å². The van der Waals surface area contributed by atoms with Crippen LogP contribution in [0.2, 0.25) is 0 Å². The van der Waals surface area contributed by atoms with Crippen LogP contribution < -0.4 is 0 Å². The van der Waals surface area contributed by atoms with Crippen molar-refractivity contribution in [1.29, 1.82) is 0 Å². The minimum absolute atomic E-state index is 0.246. The van der Waals surface area contributed by atoms with Gasteiger partial charge < -0.3 is 0 Å². The van der Waals surface area contributed by atoms with Gasteiger partial charge in [0.05, 0.1) is 0 Å². The second-order valence-electron chi connectivity index (χ2n) is 11.6. The molecule has 0 radical (unpaired) electrons. The van der Waals surface area contributed by atoms with Crippen LogP contribution in [-0.2, 0) is 4.79 Å². The van der Waals surface area contributed by atoms with Crippen molar-refractivity contribution in [1.82, 2.24) is 0 Å². The lowest BCUT2D eigenvalue weighted by Crippen LogP contribution is -2.46. The van der Waals surface area contributed by atoms with Gasteiger partial charge in [0, 0.05) is 6.42 Å². The summed E-state index contributed by atoms with van der Waals surface area (Å²) in [4.78, 5) is 12.0. The molecule has 1 heteroatoms. The maximum Gasteiger partial charge on any atom is 0.155 e. The summed E-state index contributed by atoms with van der Waals surface area (Å²) in [5.74, 6) is 4.66. The molecule has 1 nitrogen and oxygen atoms in total. The predicted octanol–water partition coefficient (Wildman–Crippen LogP) is 7.54. The molecule has 0 N–H and O–H groups in total. The van der Waals surface area contributed by atoms with Crippen LogP contribution in [0.15, 0.2) is 35.5 Å². The molecule has 7 atom stereocenters. The molecule has 0 spiro atoms. The van der Waals surface area contributed by atoms with Gasteiger partial charge in [0.25, 0.3) is 0 Å². The van der Waals surface area contributed by atoms with E-state index in [0.717, 1.165) is 37.0 Å². The van der Waals surface area contributed by atoms with E-state index in [2.05, 4.69) is 59.8 Å². The molecule has 29 heavy (non-hydrogen) atoms. The van der Waals surface area contributed by atoms with Crippen molar-refractivity contribution in [3.63, 3.8) is 0 Å². The number of rotatable bonds is 4. The highest BCUT2D eigenvalue weighted by Crippen LogP contribution is 2.66. The minimum atomic E-state index is 0.246. The van der Waals surface area contributed by atoms with E-state index >= 15 is 0 Å². The third kappa shape index (κ3) is 3.41. The van der Waals surface area contributed by atoms with E-state index in [1.165, 1.54) is 31.3 Å². The molecule has 0 aliphatic heterocycles. The van der Waals surface area contributed by atoms with Crippen LogP contribution in [0.4, 0.5) is 0 Å². The number of allylic oxidation sites excluding steroid dienone is 6. The Labute approximate surface area is 179 Å². The van der Waals surface area contributed by atoms with E-state index in [-0.39, 0.29) is 5.41 Å². The monoisotopic (exact) mass is 394 g/mol. The standard InChI is InChI=1S/C28H42O/c1-18(2)19(3)7-8-20(4)24-11-12-25-23-10-9-21-17-22(29)13-15-27(21,5)26(23)14-16-28(24,25)6/h7-8,10,17-20,24-26H,9,11-16H2,1-6H3/b8-7+/t19-,20+,24-,25+,26-,27-,28-/m0/s1. The van der Waals surface area contributed by atoms with E-state index in [1.807, 2.05) is 6.08 Å². The minimum Gasteiger partial charge on any atom is -0.295 e. The van der Waals surface area contributed by atoms with Crippen molar-refractivity contribution in [2.45, 2.75) is 86.5 Å². The average molecular weight is 395 g/mol. The summed E-state index contributed by atoms with van der Waals surface area (Å²) < 4.78 is 0. The van der Waals surface area contributed by atoms with Gasteiger partial charge in [-0.15, -0.1) is 0 Å². The number of carbonyl (C=O) groups excluding carboxylic acids is 1. The quantitative estimate of drug-likeness (QED) is 0.450. The van der Waals surface area contributed by atoms with Crippen molar-refractivity contribution in [2.24, 2.45) is 46.3 Å². The molecule has 0 bridgehead atoms. The fraction of sp³-hybridized carbons (Fsp3) is 0.750. The Kier molecular flexibility index (Phi) is 5.50. The van der Waals surface area contributed by atoms with Crippen LogP contribution >= 0.6 is 0 Å². The topological polar surface area (TPSA) is 17.1 Å². The number of ketones is 1. The maximum absolute atomic E-state index is 12.0. The molecule has 4 aliphatic carbocycles. The normalized spacial score (nSPS) is 41.5. The van der Waals surface area contributed by atoms with Gasteiger partial charge in [0.2, 0.25) is 0 Å². The average Bonchev–Trinajstić information content (AvgIpc) is 3.03. The Balaban J connectivity index is 1.57. The first kappa shape index (κ1) is 21.1. The van der Waals surface area contributed by atoms with Crippen LogP contribution in [0.5, 0.6) is 0 Å². The first-order chi connectivity index (χ1) is 13.7. The number of hydrogen-bond acceptors (Lipinski definition) is 1. The second kappa shape index (κ2) is 7.54. The van der Waals surface area contributed by atoms with E-state index in [0.29, 0.717) is 29.0 Å². The summed E-state index contributed by atoms with van der Waals surface area (Å²) in [5.41, 5.74) is 3.91. The Bertz CT molecular complexity index is 752. The van der Waals surface area contributed by atoms with E-state index in [9.17, 15) is 4.79 Å². The maximum atomic E-state index is 12.0. The summed E-state index contributed by atoms with van der Waals surface area (Å²) in [6.07, 6.45) is 17.9. The van der Waals surface area contributed by atoms with Gasteiger partial charge in [-0.25, -0.2) is 0 Å². The fourth-order valence-corrected chi connectivity index (χ4v) is 7.47. The van der Waals surface area contributed by atoms with E-state index in [1.54, 1.807) is 5.57 Å². The van der Waals surface area contributed by atoms with Gasteiger partial charge in [0.1, 0.15) is 0 Å². The molecule has 0 heterocycles. The lowest BCUT2D eigenvalue weighted by molar-refractivity contribution is -0.116. The first-order valence-corrected chi connectivity index (χ1v) is 12.3. The van der Waals surface area contributed by atoms with Crippen LogP contribution in [0.25, 0.3) is 0 Å². The van der Waals surface area contributed by atoms with E-state index < -0.39 is 0 Å². The van der Waals surface area contributed by atoms with Crippen molar-refractivity contribution in [2.75, 3.05) is 0 Å². The molecule has 0 aromatic carbocycles. The molecule has 4 aliphatic rings. The summed E-state index contributed by atoms with van der Waals surface area (Å²) >= 11 is 0. The highest BCUT2D eigenvalue weighted by molar-refractivity contribution is 5.91. The lowest BCUT2D eigenvalue weighted by atomic mass is 9.50. The summed E-state index contributed by atoms with van der Waals surface area (Å²) in [5, 5.41) is 0. The van der Waals surface area contributed by atoms with Crippen LogP contribution in [0, 0.1) is 46.3 Å². The summed E-state index contributed by atoms with van der Waals surface area (Å²) in [7, 11) is 0. The molecule has 160 valence electrons. The van der Waals surface area contributed by atoms with Gasteiger partial charge in [-0.1, -0.05) is 70.9 Å². The lowest BCUT2D eigenvalue weighted by Gasteiger charge is -2.54. The highest BCUT2D eigenvalue weighted by Gasteiger charge is 2.56. The Morgan fingerprint density at radius 3 is 2.48 bits per heavy atom. The summed E-state index contributed by atoms with van der Waals surface area (Å²) in [6, 6.07) is 0. The van der Waals surface area contributed by atoms with Gasteiger partial charge in [0.15, 0.2) is 5.78 Å². The highest BCUT2D eigenvalue weighted by atomic mass is 16.1. The third-order valence-corrected chi connectivity index (χ3v) is 9.88. The van der Waals surface area contributed by atoms with Crippen LogP contribution in [0.3, 0.4) is 0 Å². The molecule has 2 saturated carbocycles. The van der Waals surface area contributed by atoms with Crippen molar-refractivity contribution >= 4 is 5.78 Å². The molecule has 0 saturated heterocycles. The molecule has 0 amide bonds. The molecule has 2 fully saturated rings. The zero-order chi connectivity index (χ0) is 21.0. The third-order valence-electron chi connectivity index (χ3n) is 9.88. The zero-order valence-corrected chi connectivity index (χ0v) is 19.6. The van der Waals surface area contributed by atoms with Crippen molar-refractivity contribution in [3.05, 3.63) is 35.5 Å². The summed E-state index contributed by atoms with van der Waals surface area (Å²) in [6.45, 7) is 14.6. The molecule has 4 rings (SSSR count). The molecule has 0 aromatic rings. The van der Waals surface area contributed by atoms with Gasteiger partial charge >= 0.3 is 0 Å². The predicted molar refractivity (Wildman–Crippen MR) is 122 cm³/mol. The van der Waals surface area contributed by atoms with Gasteiger partial charge in [-0.2, -0.15) is 0 Å². The van der Waals surface area contributed by atoms with Crippen molar-refractivity contribution in [3.8, 4) is 0 Å². The molecule has 0 aromatic heterocycles. The Morgan fingerprint density at radius 1 is 1.00 bits per heavy atom. The Morgan fingerprint density at radius 2 is 1.76 bits per heavy atom. The van der Waals surface area contributed by atoms with E-state index in [4.69, 9.17) is 0 Å². The Hall–Kier alpha value is -1.11. The largest absolute Gasteiger partial charge is 0.295 e. The van der Waals surface area contributed by atoms with Gasteiger partial charge in [-0.05, 0) is 90.9 Å². The van der Waals surface area contributed by atoms with Gasteiger partial charge in [-0.3, -0.25) is 4.79 Å². The van der Waals surface area contributed by atoms with Crippen LogP contribution in [0.1, 0.15) is 86.5 Å². The number of hydrogen-bond donors (Lipinski definition) is 0. The number of carbonyl (C=O) groups is 1. The first-order valence-electron chi connectivity index (χ1n) is 12.3. The molecule has 0 unspecified atom stereocenters. The number of fused-ring (bicyclic) bond motifs is 5. The molecular weight excluding hydrogens is 352 g/mol. The second-order valence-corrected chi connectivity index (χ2v) is 11.6. The zero-order valence-electron chi connectivity index (χ0n) is 19.6. The van der Waals surface area contributed by atoms with Crippen LogP contribution in [-0.4, -0.2) is 5.78 Å². The molecular formula is C28H42O.